The van der Waals surface area contributed by atoms with Crippen LogP contribution in [0.25, 0.3) is 5.69 Å². The predicted molar refractivity (Wildman–Crippen MR) is 66.4 cm³/mol. The van der Waals surface area contributed by atoms with Crippen molar-refractivity contribution in [3.8, 4) is 17.2 Å². The third-order valence-corrected chi connectivity index (χ3v) is 3.16. The van der Waals surface area contributed by atoms with Gasteiger partial charge in [-0.2, -0.15) is 0 Å². The van der Waals surface area contributed by atoms with Crippen LogP contribution in [-0.2, 0) is 12.3 Å². The Hall–Kier alpha value is -1.75. The highest BCUT2D eigenvalue weighted by Gasteiger charge is 2.17. The molecule has 0 unspecified atom stereocenters. The Kier molecular flexibility index (Phi) is 2.83. The summed E-state index contributed by atoms with van der Waals surface area (Å²) in [4.78, 5) is 0. The van der Waals surface area contributed by atoms with E-state index in [1.165, 1.54) is 0 Å². The van der Waals surface area contributed by atoms with Gasteiger partial charge < -0.3 is 9.47 Å². The number of benzene rings is 1. The summed E-state index contributed by atoms with van der Waals surface area (Å²) in [5, 5.41) is 8.22. The van der Waals surface area contributed by atoms with Crippen LogP contribution in [0.2, 0.25) is 0 Å². The topological polar surface area (TPSA) is 49.2 Å². The van der Waals surface area contributed by atoms with Crippen molar-refractivity contribution in [3.63, 3.8) is 0 Å². The summed E-state index contributed by atoms with van der Waals surface area (Å²) >= 11 is 5.84. The maximum Gasteiger partial charge on any atom is 0.231 e. The Balaban J connectivity index is 2.07. The average molecular weight is 266 g/mol. The van der Waals surface area contributed by atoms with Crippen molar-refractivity contribution in [1.82, 2.24) is 15.0 Å². The normalized spacial score (nSPS) is 13.0. The Bertz CT molecular complexity index is 583. The second kappa shape index (κ2) is 4.49. The fourth-order valence-electron chi connectivity index (χ4n) is 2.01. The molecule has 5 nitrogen and oxygen atoms in total. The highest BCUT2D eigenvalue weighted by molar-refractivity contribution is 6.16. The number of ether oxygens (including phenoxy) is 2. The molecular formula is C12H12ClN3O2. The summed E-state index contributed by atoms with van der Waals surface area (Å²) in [6, 6.07) is 5.70. The summed E-state index contributed by atoms with van der Waals surface area (Å²) in [5.41, 5.74) is 2.74. The fourth-order valence-corrected chi connectivity index (χ4v) is 2.22. The summed E-state index contributed by atoms with van der Waals surface area (Å²) in [7, 11) is 0. The molecule has 0 saturated carbocycles. The van der Waals surface area contributed by atoms with Gasteiger partial charge in [-0.25, -0.2) is 4.68 Å². The molecule has 1 aromatic carbocycles. The molecule has 0 radical (unpaired) electrons. The van der Waals surface area contributed by atoms with Gasteiger partial charge in [-0.1, -0.05) is 12.1 Å². The molecule has 3 rings (SSSR count). The van der Waals surface area contributed by atoms with Crippen molar-refractivity contribution < 1.29 is 9.47 Å². The largest absolute Gasteiger partial charge is 0.454 e. The van der Waals surface area contributed by atoms with Gasteiger partial charge >= 0.3 is 0 Å². The lowest BCUT2D eigenvalue weighted by molar-refractivity contribution is 0.174. The van der Waals surface area contributed by atoms with E-state index in [1.807, 2.05) is 18.2 Å². The summed E-state index contributed by atoms with van der Waals surface area (Å²) < 4.78 is 12.4. The first-order valence-corrected chi connectivity index (χ1v) is 6.26. The van der Waals surface area contributed by atoms with E-state index >= 15 is 0 Å². The highest BCUT2D eigenvalue weighted by atomic mass is 35.5. The lowest BCUT2D eigenvalue weighted by Crippen LogP contribution is -2.02. The van der Waals surface area contributed by atoms with Crippen LogP contribution in [0.3, 0.4) is 0 Å². The minimum atomic E-state index is 0.268. The second-order valence-corrected chi connectivity index (χ2v) is 4.19. The Labute approximate surface area is 109 Å². The molecule has 94 valence electrons. The molecule has 0 fully saturated rings. The van der Waals surface area contributed by atoms with Crippen LogP contribution >= 0.6 is 11.6 Å². The van der Waals surface area contributed by atoms with Gasteiger partial charge in [0, 0.05) is 6.07 Å². The third-order valence-electron chi connectivity index (χ3n) is 2.91. The van der Waals surface area contributed by atoms with E-state index in [0.29, 0.717) is 5.88 Å². The number of fused-ring (bicyclic) bond motifs is 1. The van der Waals surface area contributed by atoms with E-state index in [2.05, 4.69) is 17.2 Å². The van der Waals surface area contributed by atoms with Crippen LogP contribution in [-0.4, -0.2) is 21.8 Å². The maximum absolute atomic E-state index is 5.84. The summed E-state index contributed by atoms with van der Waals surface area (Å²) in [6.45, 7) is 2.32. The number of halogens is 1. The lowest BCUT2D eigenvalue weighted by Gasteiger charge is -2.06. The average Bonchev–Trinajstić information content (AvgIpc) is 3.03. The minimum Gasteiger partial charge on any atom is -0.454 e. The number of hydrogen-bond acceptors (Lipinski definition) is 4. The minimum absolute atomic E-state index is 0.268. The van der Waals surface area contributed by atoms with E-state index < -0.39 is 0 Å². The predicted octanol–water partition coefficient (Wildman–Crippen LogP) is 2.30. The van der Waals surface area contributed by atoms with Crippen LogP contribution < -0.4 is 9.47 Å². The van der Waals surface area contributed by atoms with Gasteiger partial charge in [0.15, 0.2) is 11.5 Å². The number of nitrogens with zero attached hydrogens (tertiary/aromatic N) is 3. The van der Waals surface area contributed by atoms with Crippen LogP contribution in [0, 0.1) is 0 Å². The molecule has 1 aromatic heterocycles. The zero-order valence-electron chi connectivity index (χ0n) is 9.89. The van der Waals surface area contributed by atoms with Crippen LogP contribution in [0.4, 0.5) is 0 Å². The number of rotatable bonds is 3. The standard InChI is InChI=1S/C12H12ClN3O2/c1-2-10-9(6-13)14-15-16(10)8-3-4-11-12(5-8)18-7-17-11/h3-5H,2,6-7H2,1H3. The monoisotopic (exact) mass is 265 g/mol. The van der Waals surface area contributed by atoms with Crippen molar-refractivity contribution in [2.75, 3.05) is 6.79 Å². The van der Waals surface area contributed by atoms with E-state index in [4.69, 9.17) is 21.1 Å². The highest BCUT2D eigenvalue weighted by Crippen LogP contribution is 2.33. The third kappa shape index (κ3) is 1.71. The molecular weight excluding hydrogens is 254 g/mol. The van der Waals surface area contributed by atoms with Gasteiger partial charge in [-0.15, -0.1) is 16.7 Å². The zero-order valence-corrected chi connectivity index (χ0v) is 10.6. The van der Waals surface area contributed by atoms with E-state index in [1.54, 1.807) is 4.68 Å². The first-order chi connectivity index (χ1) is 8.83. The summed E-state index contributed by atoms with van der Waals surface area (Å²) in [5.74, 6) is 1.86. The molecule has 0 atom stereocenters. The molecule has 0 aliphatic carbocycles. The molecule has 0 saturated heterocycles. The quantitative estimate of drug-likeness (QED) is 0.799. The molecule has 18 heavy (non-hydrogen) atoms. The molecule has 0 bridgehead atoms. The molecule has 0 spiro atoms. The van der Waals surface area contributed by atoms with Gasteiger partial charge in [0.05, 0.1) is 17.3 Å². The SMILES string of the molecule is CCc1c(CCl)nnn1-c1ccc2c(c1)OCO2. The number of alkyl halides is 1. The lowest BCUT2D eigenvalue weighted by atomic mass is 10.2. The number of aromatic nitrogens is 3. The van der Waals surface area contributed by atoms with Gasteiger partial charge in [-0.3, -0.25) is 0 Å². The smallest absolute Gasteiger partial charge is 0.231 e. The van der Waals surface area contributed by atoms with Crippen molar-refractivity contribution in [2.45, 2.75) is 19.2 Å². The molecule has 2 heterocycles. The first-order valence-electron chi connectivity index (χ1n) is 5.73. The van der Waals surface area contributed by atoms with E-state index in [9.17, 15) is 0 Å². The van der Waals surface area contributed by atoms with Gasteiger partial charge in [-0.05, 0) is 18.6 Å². The van der Waals surface area contributed by atoms with Crippen LogP contribution in [0.1, 0.15) is 18.3 Å². The van der Waals surface area contributed by atoms with Crippen LogP contribution in [0.5, 0.6) is 11.5 Å². The van der Waals surface area contributed by atoms with Crippen LogP contribution in [0.15, 0.2) is 18.2 Å². The first kappa shape index (κ1) is 11.3. The van der Waals surface area contributed by atoms with Crippen molar-refractivity contribution in [2.24, 2.45) is 0 Å². The molecule has 0 amide bonds. The maximum atomic E-state index is 5.84. The Morgan fingerprint density at radius 3 is 2.94 bits per heavy atom. The molecule has 6 heteroatoms. The zero-order chi connectivity index (χ0) is 12.5. The van der Waals surface area contributed by atoms with E-state index in [0.717, 1.165) is 35.0 Å². The Morgan fingerprint density at radius 1 is 1.33 bits per heavy atom. The fraction of sp³-hybridized carbons (Fsp3) is 0.333. The Morgan fingerprint density at radius 2 is 2.17 bits per heavy atom. The molecule has 1 aliphatic rings. The van der Waals surface area contributed by atoms with Crippen molar-refractivity contribution in [1.29, 1.82) is 0 Å². The van der Waals surface area contributed by atoms with Gasteiger partial charge in [0.1, 0.15) is 5.69 Å². The molecule has 0 N–H and O–H groups in total. The second-order valence-electron chi connectivity index (χ2n) is 3.92. The summed E-state index contributed by atoms with van der Waals surface area (Å²) in [6.07, 6.45) is 0.823. The number of hydrogen-bond donors (Lipinski definition) is 0. The molecule has 1 aliphatic heterocycles. The van der Waals surface area contributed by atoms with Crippen molar-refractivity contribution >= 4 is 11.6 Å². The van der Waals surface area contributed by atoms with E-state index in [-0.39, 0.29) is 6.79 Å². The molecule has 2 aromatic rings. The van der Waals surface area contributed by atoms with Crippen molar-refractivity contribution in [3.05, 3.63) is 29.6 Å². The van der Waals surface area contributed by atoms with Gasteiger partial charge in [0.2, 0.25) is 6.79 Å². The van der Waals surface area contributed by atoms with Gasteiger partial charge in [0.25, 0.3) is 0 Å².